The molecule has 2 N–H and O–H groups in total. The molecular weight excluding hydrogens is 408 g/mol. The predicted molar refractivity (Wildman–Crippen MR) is 110 cm³/mol. The first kappa shape index (κ1) is 22.2. The monoisotopic (exact) mass is 431 g/mol. The Hall–Kier alpha value is -3.53. The Bertz CT molecular complexity index is 1120. The molecule has 0 bridgehead atoms. The van der Waals surface area contributed by atoms with Crippen LogP contribution in [0, 0.1) is 25.5 Å². The summed E-state index contributed by atoms with van der Waals surface area (Å²) in [6.45, 7) is 3.19. The fourth-order valence-electron chi connectivity index (χ4n) is 3.07. The number of aryl methyl sites for hydroxylation is 2. The Morgan fingerprint density at radius 1 is 1.16 bits per heavy atom. The van der Waals surface area contributed by atoms with Crippen LogP contribution in [0.5, 0.6) is 5.75 Å². The molecule has 31 heavy (non-hydrogen) atoms. The average Bonchev–Trinajstić information content (AvgIpc) is 3.01. The Morgan fingerprint density at radius 2 is 1.84 bits per heavy atom. The van der Waals surface area contributed by atoms with E-state index in [0.717, 1.165) is 17.7 Å². The summed E-state index contributed by atoms with van der Waals surface area (Å²) in [5.74, 6) is -2.10. The molecule has 0 fully saturated rings. The number of halogens is 2. The van der Waals surface area contributed by atoms with Crippen LogP contribution in [0.1, 0.15) is 27.3 Å². The Morgan fingerprint density at radius 3 is 2.48 bits per heavy atom. The number of hydrogen-bond acceptors (Lipinski definition) is 5. The molecule has 0 saturated heterocycles. The van der Waals surface area contributed by atoms with Crippen LogP contribution < -0.4 is 15.6 Å². The van der Waals surface area contributed by atoms with Gasteiger partial charge >= 0.3 is 0 Å². The molecule has 1 aromatic carbocycles. The van der Waals surface area contributed by atoms with Gasteiger partial charge in [-0.05, 0) is 51.7 Å². The zero-order valence-corrected chi connectivity index (χ0v) is 17.6. The van der Waals surface area contributed by atoms with Gasteiger partial charge < -0.3 is 9.64 Å². The first-order valence-electron chi connectivity index (χ1n) is 9.46. The lowest BCUT2D eigenvalue weighted by molar-refractivity contribution is -0.122. The SMILES string of the molecule is Cc1cc(OCc2c(F)cccc2F)c2nc(C)c(C(=O)NNC(=O)CN(C)C)n2c1. The Labute approximate surface area is 177 Å². The van der Waals surface area contributed by atoms with Crippen LogP contribution in [-0.2, 0) is 11.4 Å². The van der Waals surface area contributed by atoms with Crippen molar-refractivity contribution in [2.75, 3.05) is 20.6 Å². The summed E-state index contributed by atoms with van der Waals surface area (Å²) in [5.41, 5.74) is 6.15. The van der Waals surface area contributed by atoms with Gasteiger partial charge in [0.2, 0.25) is 0 Å². The molecule has 0 spiro atoms. The van der Waals surface area contributed by atoms with Gasteiger partial charge in [-0.1, -0.05) is 6.07 Å². The average molecular weight is 431 g/mol. The number of ether oxygens (including phenoxy) is 1. The van der Waals surface area contributed by atoms with Gasteiger partial charge in [0, 0.05) is 6.20 Å². The van der Waals surface area contributed by atoms with Crippen molar-refractivity contribution in [3.63, 3.8) is 0 Å². The summed E-state index contributed by atoms with van der Waals surface area (Å²) >= 11 is 0. The molecule has 0 saturated carbocycles. The third-order valence-electron chi connectivity index (χ3n) is 4.42. The molecule has 0 aliphatic rings. The fourth-order valence-corrected chi connectivity index (χ4v) is 3.07. The van der Waals surface area contributed by atoms with Gasteiger partial charge in [0.1, 0.15) is 23.9 Å². The molecule has 0 radical (unpaired) electrons. The number of amides is 2. The molecule has 10 heteroatoms. The van der Waals surface area contributed by atoms with E-state index in [4.69, 9.17) is 4.74 Å². The van der Waals surface area contributed by atoms with Crippen molar-refractivity contribution in [3.05, 3.63) is 64.6 Å². The maximum absolute atomic E-state index is 13.9. The third kappa shape index (κ3) is 4.97. The van der Waals surface area contributed by atoms with Crippen molar-refractivity contribution >= 4 is 17.5 Å². The van der Waals surface area contributed by atoms with E-state index in [2.05, 4.69) is 15.8 Å². The highest BCUT2D eigenvalue weighted by molar-refractivity contribution is 5.96. The quantitative estimate of drug-likeness (QED) is 0.584. The van der Waals surface area contributed by atoms with E-state index in [1.54, 1.807) is 45.1 Å². The van der Waals surface area contributed by atoms with Gasteiger partial charge in [0.25, 0.3) is 11.8 Å². The number of hydrogen-bond donors (Lipinski definition) is 2. The standard InChI is InChI=1S/C21H23F2N5O3/c1-12-8-17(31-11-14-15(22)6-5-7-16(14)23)20-24-13(2)19(28(20)9-12)21(30)26-25-18(29)10-27(3)4/h5-9H,10-11H2,1-4H3,(H,25,29)(H,26,30). The van der Waals surface area contributed by atoms with E-state index in [1.807, 2.05) is 0 Å². The van der Waals surface area contributed by atoms with Crippen molar-refractivity contribution in [2.45, 2.75) is 20.5 Å². The molecular formula is C21H23F2N5O3. The minimum atomic E-state index is -0.711. The fraction of sp³-hybridized carbons (Fsp3) is 0.286. The number of nitrogens with zero attached hydrogens (tertiary/aromatic N) is 3. The van der Waals surface area contributed by atoms with E-state index >= 15 is 0 Å². The number of carbonyl (C=O) groups is 2. The molecule has 164 valence electrons. The molecule has 8 nitrogen and oxygen atoms in total. The van der Waals surface area contributed by atoms with Crippen LogP contribution in [0.4, 0.5) is 8.78 Å². The van der Waals surface area contributed by atoms with E-state index in [0.29, 0.717) is 11.3 Å². The Balaban J connectivity index is 1.87. The van der Waals surface area contributed by atoms with Crippen molar-refractivity contribution in [1.82, 2.24) is 25.1 Å². The predicted octanol–water partition coefficient (Wildman–Crippen LogP) is 2.13. The first-order valence-corrected chi connectivity index (χ1v) is 9.46. The molecule has 0 unspecified atom stereocenters. The number of imidazole rings is 1. The van der Waals surface area contributed by atoms with Crippen LogP contribution in [0.3, 0.4) is 0 Å². The number of nitrogens with one attached hydrogen (secondary N) is 2. The molecule has 3 aromatic rings. The van der Waals surface area contributed by atoms with E-state index in [-0.39, 0.29) is 36.1 Å². The highest BCUT2D eigenvalue weighted by atomic mass is 19.1. The summed E-state index contributed by atoms with van der Waals surface area (Å²) in [5, 5.41) is 0. The zero-order chi connectivity index (χ0) is 22.7. The molecule has 0 aliphatic heterocycles. The van der Waals surface area contributed by atoms with Gasteiger partial charge in [-0.25, -0.2) is 13.8 Å². The number of benzene rings is 1. The first-order chi connectivity index (χ1) is 14.7. The van der Waals surface area contributed by atoms with Gasteiger partial charge in [-0.2, -0.15) is 0 Å². The van der Waals surface area contributed by atoms with Crippen LogP contribution in [0.2, 0.25) is 0 Å². The second-order valence-electron chi connectivity index (χ2n) is 7.35. The number of rotatable bonds is 6. The highest BCUT2D eigenvalue weighted by Crippen LogP contribution is 2.25. The van der Waals surface area contributed by atoms with E-state index in [1.165, 1.54) is 10.5 Å². The smallest absolute Gasteiger partial charge is 0.288 e. The summed E-state index contributed by atoms with van der Waals surface area (Å²) in [6, 6.07) is 5.25. The van der Waals surface area contributed by atoms with Gasteiger partial charge in [-0.15, -0.1) is 0 Å². The summed E-state index contributed by atoms with van der Waals surface area (Å²) in [7, 11) is 3.46. The van der Waals surface area contributed by atoms with Crippen molar-refractivity contribution in [2.24, 2.45) is 0 Å². The van der Waals surface area contributed by atoms with Crippen molar-refractivity contribution in [3.8, 4) is 5.75 Å². The minimum absolute atomic E-state index is 0.107. The number of pyridine rings is 1. The van der Waals surface area contributed by atoms with E-state index < -0.39 is 17.5 Å². The van der Waals surface area contributed by atoms with E-state index in [9.17, 15) is 18.4 Å². The lowest BCUT2D eigenvalue weighted by atomic mass is 10.2. The summed E-state index contributed by atoms with van der Waals surface area (Å²) in [4.78, 5) is 30.5. The second kappa shape index (κ2) is 9.09. The number of aromatic nitrogens is 2. The normalized spacial score (nSPS) is 11.1. The van der Waals surface area contributed by atoms with Crippen molar-refractivity contribution < 1.29 is 23.1 Å². The topological polar surface area (TPSA) is 88.0 Å². The van der Waals surface area contributed by atoms with Gasteiger partial charge in [0.05, 0.1) is 17.8 Å². The maximum atomic E-state index is 13.9. The minimum Gasteiger partial charge on any atom is -0.485 e. The number of fused-ring (bicyclic) bond motifs is 1. The van der Waals surface area contributed by atoms with Crippen LogP contribution in [0.25, 0.3) is 5.65 Å². The molecule has 2 amide bonds. The number of hydrazine groups is 1. The lowest BCUT2D eigenvalue weighted by Crippen LogP contribution is -2.45. The van der Waals surface area contributed by atoms with Crippen LogP contribution in [-0.4, -0.2) is 46.7 Å². The van der Waals surface area contributed by atoms with Crippen LogP contribution in [0.15, 0.2) is 30.5 Å². The highest BCUT2D eigenvalue weighted by Gasteiger charge is 2.20. The third-order valence-corrected chi connectivity index (χ3v) is 4.42. The number of carbonyl (C=O) groups excluding carboxylic acids is 2. The van der Waals surface area contributed by atoms with Crippen molar-refractivity contribution in [1.29, 1.82) is 0 Å². The molecule has 0 aliphatic carbocycles. The maximum Gasteiger partial charge on any atom is 0.288 e. The summed E-state index contributed by atoms with van der Waals surface area (Å²) in [6.07, 6.45) is 1.68. The summed E-state index contributed by atoms with van der Waals surface area (Å²) < 4.78 is 35.0. The lowest BCUT2D eigenvalue weighted by Gasteiger charge is -2.12. The zero-order valence-electron chi connectivity index (χ0n) is 17.6. The van der Waals surface area contributed by atoms with Crippen LogP contribution >= 0.6 is 0 Å². The largest absolute Gasteiger partial charge is 0.485 e. The second-order valence-corrected chi connectivity index (χ2v) is 7.35. The Kier molecular flexibility index (Phi) is 6.50. The number of likely N-dealkylation sites (N-methyl/N-ethyl adjacent to an activating group) is 1. The molecule has 2 aromatic heterocycles. The molecule has 2 heterocycles. The molecule has 0 atom stereocenters. The van der Waals surface area contributed by atoms with Gasteiger partial charge in [-0.3, -0.25) is 24.8 Å². The molecule has 3 rings (SSSR count). The van der Waals surface area contributed by atoms with Gasteiger partial charge in [0.15, 0.2) is 11.4 Å².